The van der Waals surface area contributed by atoms with Crippen LogP contribution in [0.5, 0.6) is 0 Å². The summed E-state index contributed by atoms with van der Waals surface area (Å²) in [5, 5.41) is 12.6. The molecule has 2 aromatic carbocycles. The van der Waals surface area contributed by atoms with E-state index in [9.17, 15) is 0 Å². The fraction of sp³-hybridized carbons (Fsp3) is 0.111. The smallest absolute Gasteiger partial charge is 0.205 e. The maximum atomic E-state index is 4.61. The van der Waals surface area contributed by atoms with Crippen molar-refractivity contribution in [2.45, 2.75) is 13.8 Å². The number of anilines is 1. The van der Waals surface area contributed by atoms with Crippen LogP contribution >= 0.6 is 0 Å². The summed E-state index contributed by atoms with van der Waals surface area (Å²) in [6, 6.07) is 16.1. The van der Waals surface area contributed by atoms with E-state index in [-0.39, 0.29) is 0 Å². The highest BCUT2D eigenvalue weighted by Crippen LogP contribution is 2.19. The molecule has 6 nitrogen and oxygen atoms in total. The Balaban J connectivity index is 1.74. The van der Waals surface area contributed by atoms with Gasteiger partial charge in [-0.05, 0) is 31.5 Å². The second-order valence-corrected chi connectivity index (χ2v) is 5.65. The van der Waals surface area contributed by atoms with E-state index in [1.54, 1.807) is 6.33 Å². The van der Waals surface area contributed by atoms with Crippen molar-refractivity contribution in [3.8, 4) is 0 Å². The molecule has 0 aliphatic carbocycles. The van der Waals surface area contributed by atoms with Crippen LogP contribution < -0.4 is 5.43 Å². The monoisotopic (exact) mass is 316 g/mol. The zero-order valence-electron chi connectivity index (χ0n) is 13.4. The first-order chi connectivity index (χ1) is 11.7. The Bertz CT molecular complexity index is 1050. The van der Waals surface area contributed by atoms with Crippen molar-refractivity contribution >= 4 is 28.2 Å². The van der Waals surface area contributed by atoms with Crippen molar-refractivity contribution in [1.29, 1.82) is 0 Å². The second-order valence-electron chi connectivity index (χ2n) is 5.65. The van der Waals surface area contributed by atoms with Crippen LogP contribution in [0.25, 0.3) is 16.7 Å². The van der Waals surface area contributed by atoms with Crippen molar-refractivity contribution in [3.05, 3.63) is 66.0 Å². The Kier molecular flexibility index (Phi) is 3.42. The number of benzene rings is 2. The summed E-state index contributed by atoms with van der Waals surface area (Å²) in [7, 11) is 0. The van der Waals surface area contributed by atoms with Gasteiger partial charge in [-0.3, -0.25) is 9.83 Å². The predicted molar refractivity (Wildman–Crippen MR) is 95.3 cm³/mol. The molecule has 6 heteroatoms. The molecule has 4 aromatic rings. The number of hydrogen-bond donors (Lipinski definition) is 1. The fourth-order valence-corrected chi connectivity index (χ4v) is 2.58. The van der Waals surface area contributed by atoms with Crippen LogP contribution in [0.4, 0.5) is 5.82 Å². The first-order valence-electron chi connectivity index (χ1n) is 7.68. The molecule has 0 atom stereocenters. The SMILES string of the molecule is C/C(=N/Nc1nc2ccccc2n2cnnc12)c1ccc(C)cc1. The first-order valence-corrected chi connectivity index (χ1v) is 7.68. The van der Waals surface area contributed by atoms with Gasteiger partial charge in [0.15, 0.2) is 5.82 Å². The molecule has 2 heterocycles. The molecular formula is C18H16N6. The van der Waals surface area contributed by atoms with Crippen LogP contribution in [0.2, 0.25) is 0 Å². The highest BCUT2D eigenvalue weighted by atomic mass is 15.3. The van der Waals surface area contributed by atoms with Crippen LogP contribution in [-0.4, -0.2) is 25.3 Å². The third kappa shape index (κ3) is 2.48. The Hall–Kier alpha value is -3.28. The lowest BCUT2D eigenvalue weighted by atomic mass is 10.1. The van der Waals surface area contributed by atoms with Gasteiger partial charge in [0.25, 0.3) is 0 Å². The van der Waals surface area contributed by atoms with Crippen molar-refractivity contribution in [2.24, 2.45) is 5.10 Å². The number of aryl methyl sites for hydroxylation is 1. The Morgan fingerprint density at radius 3 is 2.71 bits per heavy atom. The van der Waals surface area contributed by atoms with E-state index >= 15 is 0 Å². The lowest BCUT2D eigenvalue weighted by Gasteiger charge is -2.07. The molecule has 0 unspecified atom stereocenters. The van der Waals surface area contributed by atoms with Gasteiger partial charge in [-0.25, -0.2) is 4.98 Å². The molecule has 1 N–H and O–H groups in total. The quantitative estimate of drug-likeness (QED) is 0.464. The topological polar surface area (TPSA) is 67.5 Å². The van der Waals surface area contributed by atoms with Gasteiger partial charge < -0.3 is 0 Å². The minimum absolute atomic E-state index is 0.581. The number of fused-ring (bicyclic) bond motifs is 3. The van der Waals surface area contributed by atoms with E-state index in [1.807, 2.05) is 35.6 Å². The van der Waals surface area contributed by atoms with Crippen molar-refractivity contribution in [1.82, 2.24) is 19.6 Å². The summed E-state index contributed by atoms with van der Waals surface area (Å²) < 4.78 is 1.90. The predicted octanol–water partition coefficient (Wildman–Crippen LogP) is 3.42. The average molecular weight is 316 g/mol. The summed E-state index contributed by atoms with van der Waals surface area (Å²) in [6.45, 7) is 4.02. The summed E-state index contributed by atoms with van der Waals surface area (Å²) in [5.74, 6) is 0.581. The molecule has 0 saturated heterocycles. The molecule has 0 aliphatic rings. The van der Waals surface area contributed by atoms with Gasteiger partial charge in [-0.2, -0.15) is 5.10 Å². The maximum absolute atomic E-state index is 4.61. The minimum Gasteiger partial charge on any atom is -0.277 e. The molecule has 24 heavy (non-hydrogen) atoms. The number of hydrogen-bond acceptors (Lipinski definition) is 5. The van der Waals surface area contributed by atoms with Crippen LogP contribution in [-0.2, 0) is 0 Å². The number of para-hydroxylation sites is 2. The Labute approximate surface area is 138 Å². The molecule has 0 radical (unpaired) electrons. The standard InChI is InChI=1S/C18H16N6/c1-12-7-9-14(10-8-12)13(2)21-22-17-18-23-19-11-24(18)16-6-4-3-5-15(16)20-17/h3-11H,1-2H3,(H,20,22)/b21-13-. The summed E-state index contributed by atoms with van der Waals surface area (Å²) in [5.41, 5.74) is 8.66. The van der Waals surface area contributed by atoms with Gasteiger partial charge in [-0.1, -0.05) is 42.0 Å². The van der Waals surface area contributed by atoms with Crippen molar-refractivity contribution < 1.29 is 0 Å². The molecule has 0 fully saturated rings. The van der Waals surface area contributed by atoms with Crippen LogP contribution in [0.1, 0.15) is 18.1 Å². The molecule has 2 aromatic heterocycles. The number of rotatable bonds is 3. The first kappa shape index (κ1) is 14.3. The average Bonchev–Trinajstić information content (AvgIpc) is 3.10. The number of aromatic nitrogens is 4. The van der Waals surface area contributed by atoms with Gasteiger partial charge in [0.05, 0.1) is 16.7 Å². The fourth-order valence-electron chi connectivity index (χ4n) is 2.58. The van der Waals surface area contributed by atoms with Gasteiger partial charge in [0.2, 0.25) is 5.65 Å². The van der Waals surface area contributed by atoms with Crippen LogP contribution in [0.15, 0.2) is 60.0 Å². The lowest BCUT2D eigenvalue weighted by Crippen LogP contribution is -2.03. The van der Waals surface area contributed by atoms with Gasteiger partial charge in [0, 0.05) is 0 Å². The van der Waals surface area contributed by atoms with E-state index in [1.165, 1.54) is 5.56 Å². The van der Waals surface area contributed by atoms with E-state index in [2.05, 4.69) is 56.9 Å². The maximum Gasteiger partial charge on any atom is 0.205 e. The van der Waals surface area contributed by atoms with E-state index in [0.29, 0.717) is 11.5 Å². The molecule has 0 spiro atoms. The molecule has 0 saturated carbocycles. The third-order valence-electron chi connectivity index (χ3n) is 3.93. The highest BCUT2D eigenvalue weighted by Gasteiger charge is 2.09. The molecule has 0 aliphatic heterocycles. The number of hydrazone groups is 1. The minimum atomic E-state index is 0.581. The largest absolute Gasteiger partial charge is 0.277 e. The molecule has 0 amide bonds. The van der Waals surface area contributed by atoms with Gasteiger partial charge in [0.1, 0.15) is 6.33 Å². The number of nitrogens with zero attached hydrogens (tertiary/aromatic N) is 5. The van der Waals surface area contributed by atoms with E-state index < -0.39 is 0 Å². The van der Waals surface area contributed by atoms with Gasteiger partial charge >= 0.3 is 0 Å². The molecule has 4 rings (SSSR count). The van der Waals surface area contributed by atoms with Crippen LogP contribution in [0.3, 0.4) is 0 Å². The Morgan fingerprint density at radius 1 is 1.08 bits per heavy atom. The molecular weight excluding hydrogens is 300 g/mol. The lowest BCUT2D eigenvalue weighted by molar-refractivity contribution is 1.11. The summed E-state index contributed by atoms with van der Waals surface area (Å²) in [4.78, 5) is 4.61. The second kappa shape index (κ2) is 5.73. The van der Waals surface area contributed by atoms with Gasteiger partial charge in [-0.15, -0.1) is 10.2 Å². The normalized spacial score (nSPS) is 12.0. The zero-order chi connectivity index (χ0) is 16.5. The van der Waals surface area contributed by atoms with E-state index in [0.717, 1.165) is 22.3 Å². The number of nitrogens with one attached hydrogen (secondary N) is 1. The highest BCUT2D eigenvalue weighted by molar-refractivity contribution is 5.99. The Morgan fingerprint density at radius 2 is 1.88 bits per heavy atom. The molecule has 118 valence electrons. The molecule has 0 bridgehead atoms. The van der Waals surface area contributed by atoms with E-state index in [4.69, 9.17) is 0 Å². The summed E-state index contributed by atoms with van der Waals surface area (Å²) in [6.07, 6.45) is 1.68. The zero-order valence-corrected chi connectivity index (χ0v) is 13.4. The van der Waals surface area contributed by atoms with Crippen molar-refractivity contribution in [2.75, 3.05) is 5.43 Å². The van der Waals surface area contributed by atoms with Crippen molar-refractivity contribution in [3.63, 3.8) is 0 Å². The van der Waals surface area contributed by atoms with Crippen LogP contribution in [0, 0.1) is 6.92 Å². The third-order valence-corrected chi connectivity index (χ3v) is 3.93. The summed E-state index contributed by atoms with van der Waals surface area (Å²) >= 11 is 0.